The van der Waals surface area contributed by atoms with E-state index in [9.17, 15) is 9.59 Å². The standard InChI is InChI=1S/C29H30FN7O3/c1-29(2,3)40-28(39)36-15-16-12-21(36)22(13-16)37-20-9-11-33-26(31)24(20)25(35-37)18-8-7-17(14-19(18)30)27(38)34-23-6-4-5-10-32-23/h4-11,14,16,21-22H,12-13,15H2,1-3H3,(H2,31,33)(H,32,34,38)/t16?,21?,22-/m1/s1. The Morgan fingerprint density at radius 2 is 1.88 bits per heavy atom. The van der Waals surface area contributed by atoms with E-state index in [2.05, 4.69) is 15.3 Å². The zero-order chi connectivity index (χ0) is 28.2. The summed E-state index contributed by atoms with van der Waals surface area (Å²) >= 11 is 0. The molecule has 10 nitrogen and oxygen atoms in total. The number of benzene rings is 1. The molecule has 1 saturated carbocycles. The van der Waals surface area contributed by atoms with E-state index < -0.39 is 17.3 Å². The fourth-order valence-corrected chi connectivity index (χ4v) is 5.81. The number of hydrogen-bond acceptors (Lipinski definition) is 7. The summed E-state index contributed by atoms with van der Waals surface area (Å²) < 4.78 is 23.1. The maximum atomic E-state index is 15.6. The Hall–Kier alpha value is -4.54. The molecule has 3 atom stereocenters. The summed E-state index contributed by atoms with van der Waals surface area (Å²) in [7, 11) is 0. The van der Waals surface area contributed by atoms with Crippen molar-refractivity contribution in [1.29, 1.82) is 0 Å². The third-order valence-corrected chi connectivity index (χ3v) is 7.43. The van der Waals surface area contributed by atoms with Crippen LogP contribution in [0.3, 0.4) is 0 Å². The highest BCUT2D eigenvalue weighted by Gasteiger charge is 2.49. The molecule has 2 unspecified atom stereocenters. The van der Waals surface area contributed by atoms with Gasteiger partial charge in [-0.15, -0.1) is 0 Å². The second kappa shape index (κ2) is 9.58. The molecule has 206 valence electrons. The molecular formula is C29H30FN7O3. The average molecular weight is 544 g/mol. The summed E-state index contributed by atoms with van der Waals surface area (Å²) in [5.74, 6) is -0.191. The minimum atomic E-state index is -0.619. The molecule has 3 aromatic heterocycles. The van der Waals surface area contributed by atoms with Crippen LogP contribution >= 0.6 is 0 Å². The van der Waals surface area contributed by atoms with Gasteiger partial charge in [-0.1, -0.05) is 6.07 Å². The zero-order valence-corrected chi connectivity index (χ0v) is 22.5. The molecule has 40 heavy (non-hydrogen) atoms. The lowest BCUT2D eigenvalue weighted by molar-refractivity contribution is 0.0136. The van der Waals surface area contributed by atoms with Crippen LogP contribution in [0.4, 0.5) is 20.8 Å². The molecule has 4 heterocycles. The number of pyridine rings is 2. The van der Waals surface area contributed by atoms with Crippen LogP contribution < -0.4 is 11.1 Å². The number of nitrogens with one attached hydrogen (secondary N) is 1. The van der Waals surface area contributed by atoms with Gasteiger partial charge < -0.3 is 20.7 Å². The van der Waals surface area contributed by atoms with E-state index in [1.165, 1.54) is 18.2 Å². The highest BCUT2D eigenvalue weighted by molar-refractivity contribution is 6.05. The van der Waals surface area contributed by atoms with Gasteiger partial charge in [0.05, 0.1) is 23.0 Å². The number of nitrogens with zero attached hydrogens (tertiary/aromatic N) is 5. The molecule has 3 N–H and O–H groups in total. The Labute approximate surface area is 230 Å². The topological polar surface area (TPSA) is 128 Å². The molecule has 2 fully saturated rings. The van der Waals surface area contributed by atoms with E-state index in [4.69, 9.17) is 15.6 Å². The first kappa shape index (κ1) is 25.7. The van der Waals surface area contributed by atoms with Crippen LogP contribution in [0, 0.1) is 11.7 Å². The van der Waals surface area contributed by atoms with Crippen molar-refractivity contribution in [1.82, 2.24) is 24.6 Å². The molecule has 1 aliphatic heterocycles. The van der Waals surface area contributed by atoms with Gasteiger partial charge in [-0.05, 0) is 75.9 Å². The SMILES string of the molecule is CC(C)(C)OC(=O)N1CC2CC1[C@H](n1nc(-c3ccc(C(=O)Nc4ccccn4)cc3F)c3c(N)nccc31)C2. The van der Waals surface area contributed by atoms with Gasteiger partial charge in [-0.2, -0.15) is 5.10 Å². The molecule has 11 heteroatoms. The molecule has 0 radical (unpaired) electrons. The number of ether oxygens (including phenoxy) is 1. The Morgan fingerprint density at radius 1 is 1.07 bits per heavy atom. The van der Waals surface area contributed by atoms with E-state index >= 15 is 4.39 Å². The quantitative estimate of drug-likeness (QED) is 0.369. The largest absolute Gasteiger partial charge is 0.444 e. The normalized spacial score (nSPS) is 20.2. The molecule has 2 aliphatic rings. The minimum absolute atomic E-state index is 0.104. The first-order chi connectivity index (χ1) is 19.1. The predicted octanol–water partition coefficient (Wildman–Crippen LogP) is 5.04. The number of amides is 2. The maximum Gasteiger partial charge on any atom is 0.410 e. The number of hydrogen-bond donors (Lipinski definition) is 2. The summed E-state index contributed by atoms with van der Waals surface area (Å²) in [5, 5.41) is 8.04. The van der Waals surface area contributed by atoms with Gasteiger partial charge in [-0.25, -0.2) is 19.2 Å². The van der Waals surface area contributed by atoms with E-state index in [-0.39, 0.29) is 35.1 Å². The van der Waals surface area contributed by atoms with Gasteiger partial charge in [0, 0.05) is 30.1 Å². The monoisotopic (exact) mass is 543 g/mol. The Morgan fingerprint density at radius 3 is 2.58 bits per heavy atom. The lowest BCUT2D eigenvalue weighted by Crippen LogP contribution is -2.45. The Kier molecular flexibility index (Phi) is 6.16. The van der Waals surface area contributed by atoms with E-state index in [1.54, 1.807) is 41.6 Å². The highest BCUT2D eigenvalue weighted by Crippen LogP contribution is 2.47. The number of nitrogens with two attached hydrogens (primary N) is 1. The number of carbonyl (C=O) groups is 2. The van der Waals surface area contributed by atoms with Gasteiger partial charge in [0.2, 0.25) is 0 Å². The zero-order valence-electron chi connectivity index (χ0n) is 22.5. The summed E-state index contributed by atoms with van der Waals surface area (Å²) in [6.07, 6.45) is 4.49. The van der Waals surface area contributed by atoms with Crippen LogP contribution in [0.15, 0.2) is 54.9 Å². The summed E-state index contributed by atoms with van der Waals surface area (Å²) in [6.45, 7) is 6.19. The van der Waals surface area contributed by atoms with Crippen LogP contribution in [0.1, 0.15) is 50.0 Å². The van der Waals surface area contributed by atoms with E-state index in [1.807, 2.05) is 25.5 Å². The minimum Gasteiger partial charge on any atom is -0.444 e. The van der Waals surface area contributed by atoms with Crippen molar-refractivity contribution in [2.75, 3.05) is 17.6 Å². The molecule has 2 bridgehead atoms. The van der Waals surface area contributed by atoms with Crippen molar-refractivity contribution in [3.05, 3.63) is 66.2 Å². The van der Waals surface area contributed by atoms with Crippen molar-refractivity contribution < 1.29 is 18.7 Å². The van der Waals surface area contributed by atoms with Crippen LogP contribution in [0.5, 0.6) is 0 Å². The van der Waals surface area contributed by atoms with Gasteiger partial charge in [0.15, 0.2) is 0 Å². The fourth-order valence-electron chi connectivity index (χ4n) is 5.81. The molecule has 6 rings (SSSR count). The summed E-state index contributed by atoms with van der Waals surface area (Å²) in [4.78, 5) is 35.8. The smallest absolute Gasteiger partial charge is 0.410 e. The van der Waals surface area contributed by atoms with Crippen LogP contribution in [-0.4, -0.2) is 54.8 Å². The number of rotatable bonds is 4. The number of aromatic nitrogens is 4. The number of anilines is 2. The highest BCUT2D eigenvalue weighted by atomic mass is 19.1. The first-order valence-corrected chi connectivity index (χ1v) is 13.2. The second-order valence-corrected chi connectivity index (χ2v) is 11.4. The lowest BCUT2D eigenvalue weighted by Gasteiger charge is -2.34. The molecule has 1 aliphatic carbocycles. The van der Waals surface area contributed by atoms with Crippen molar-refractivity contribution >= 4 is 34.5 Å². The molecule has 1 aromatic carbocycles. The molecule has 2 amide bonds. The van der Waals surface area contributed by atoms with Crippen LogP contribution in [0.2, 0.25) is 0 Å². The van der Waals surface area contributed by atoms with Crippen molar-refractivity contribution in [2.24, 2.45) is 5.92 Å². The number of fused-ring (bicyclic) bond motifs is 3. The third kappa shape index (κ3) is 4.61. The van der Waals surface area contributed by atoms with E-state index in [0.29, 0.717) is 34.9 Å². The number of likely N-dealkylation sites (tertiary alicyclic amines) is 1. The number of halogens is 1. The van der Waals surface area contributed by atoms with Gasteiger partial charge in [-0.3, -0.25) is 9.48 Å². The Bertz CT molecular complexity index is 1620. The summed E-state index contributed by atoms with van der Waals surface area (Å²) in [5.41, 5.74) is 7.08. The lowest BCUT2D eigenvalue weighted by atomic mass is 10.0. The van der Waals surface area contributed by atoms with Gasteiger partial charge in [0.25, 0.3) is 5.91 Å². The van der Waals surface area contributed by atoms with Crippen molar-refractivity contribution in [3.8, 4) is 11.3 Å². The van der Waals surface area contributed by atoms with Crippen molar-refractivity contribution in [2.45, 2.75) is 51.3 Å². The first-order valence-electron chi connectivity index (χ1n) is 13.2. The maximum absolute atomic E-state index is 15.6. The number of nitrogen functional groups attached to an aromatic ring is 1. The van der Waals surface area contributed by atoms with Gasteiger partial charge >= 0.3 is 6.09 Å². The second-order valence-electron chi connectivity index (χ2n) is 11.4. The van der Waals surface area contributed by atoms with Gasteiger partial charge in [0.1, 0.15) is 28.7 Å². The molecule has 1 saturated heterocycles. The Balaban J connectivity index is 1.35. The molecule has 4 aromatic rings. The number of piperidine rings is 1. The van der Waals surface area contributed by atoms with Crippen molar-refractivity contribution in [3.63, 3.8) is 0 Å². The predicted molar refractivity (Wildman–Crippen MR) is 148 cm³/mol. The van der Waals surface area contributed by atoms with E-state index in [0.717, 1.165) is 12.8 Å². The molecule has 0 spiro atoms. The third-order valence-electron chi connectivity index (χ3n) is 7.43. The van der Waals surface area contributed by atoms with Crippen LogP contribution in [-0.2, 0) is 4.74 Å². The number of carbonyl (C=O) groups excluding carboxylic acids is 2. The summed E-state index contributed by atoms with van der Waals surface area (Å²) in [6, 6.07) is 10.9. The fraction of sp³-hybridized carbons (Fsp3) is 0.345. The van der Waals surface area contributed by atoms with Crippen LogP contribution in [0.25, 0.3) is 22.2 Å². The average Bonchev–Trinajstić information content (AvgIpc) is 3.62. The molecular weight excluding hydrogens is 513 g/mol.